The van der Waals surface area contributed by atoms with Gasteiger partial charge in [-0.2, -0.15) is 0 Å². The molecule has 0 aliphatic rings. The number of benzene rings is 1. The van der Waals surface area contributed by atoms with Crippen LogP contribution in [0.25, 0.3) is 0 Å². The number of unbranched alkanes of at least 4 members (excludes halogenated alkanes) is 3. The number of rotatable bonds is 10. The van der Waals surface area contributed by atoms with E-state index < -0.39 is 0 Å². The normalized spacial score (nSPS) is 11.1. The van der Waals surface area contributed by atoms with Crippen molar-refractivity contribution in [3.8, 4) is 11.5 Å². The molecule has 0 aliphatic carbocycles. The quantitative estimate of drug-likeness (QED) is 0.308. The smallest absolute Gasteiger partial charge is 0.193 e. The molecule has 5 heteroatoms. The van der Waals surface area contributed by atoms with Gasteiger partial charge in [0.05, 0.1) is 14.2 Å². The van der Waals surface area contributed by atoms with Gasteiger partial charge in [0.25, 0.3) is 0 Å². The van der Waals surface area contributed by atoms with Crippen LogP contribution in [0.1, 0.15) is 31.2 Å². The molecule has 0 aliphatic heterocycles. The summed E-state index contributed by atoms with van der Waals surface area (Å²) in [6, 6.07) is 5.88. The number of nitrogens with one attached hydrogen (secondary N) is 1. The summed E-state index contributed by atoms with van der Waals surface area (Å²) in [4.78, 5) is 6.51. The van der Waals surface area contributed by atoms with Crippen LogP contribution < -0.4 is 14.8 Å². The first-order chi connectivity index (χ1) is 11.7. The molecular weight excluding hydrogens is 302 g/mol. The van der Waals surface area contributed by atoms with Crippen LogP contribution >= 0.6 is 0 Å². The zero-order chi connectivity index (χ0) is 17.8. The van der Waals surface area contributed by atoms with Crippen LogP contribution in [0.15, 0.2) is 35.8 Å². The van der Waals surface area contributed by atoms with E-state index in [9.17, 15) is 0 Å². The first-order valence-electron chi connectivity index (χ1n) is 8.40. The van der Waals surface area contributed by atoms with Gasteiger partial charge in [0, 0.05) is 32.7 Å². The fraction of sp³-hybridized carbons (Fsp3) is 0.526. The average Bonchev–Trinajstić information content (AvgIpc) is 2.61. The van der Waals surface area contributed by atoms with E-state index in [0.29, 0.717) is 6.54 Å². The van der Waals surface area contributed by atoms with Gasteiger partial charge >= 0.3 is 0 Å². The zero-order valence-corrected chi connectivity index (χ0v) is 15.5. The molecule has 0 spiro atoms. The molecule has 24 heavy (non-hydrogen) atoms. The third kappa shape index (κ3) is 6.14. The van der Waals surface area contributed by atoms with Crippen LogP contribution in [0.4, 0.5) is 0 Å². The number of para-hydroxylation sites is 1. The molecule has 1 rings (SSSR count). The molecule has 134 valence electrons. The Balaban J connectivity index is 2.56. The SMILES string of the molecule is C=CCCCCCN(C)C(=NC)NCc1cccc(OC)c1OC. The predicted octanol–water partition coefficient (Wildman–Crippen LogP) is 3.46. The molecule has 0 fully saturated rings. The Hall–Kier alpha value is -2.17. The Bertz CT molecular complexity index is 529. The van der Waals surface area contributed by atoms with Crippen LogP contribution in [0.2, 0.25) is 0 Å². The van der Waals surface area contributed by atoms with Gasteiger partial charge in [0.15, 0.2) is 17.5 Å². The molecule has 0 amide bonds. The van der Waals surface area contributed by atoms with Crippen molar-refractivity contribution in [2.75, 3.05) is 34.9 Å². The monoisotopic (exact) mass is 333 g/mol. The summed E-state index contributed by atoms with van der Waals surface area (Å²) in [5.41, 5.74) is 1.04. The van der Waals surface area contributed by atoms with Gasteiger partial charge in [-0.15, -0.1) is 6.58 Å². The van der Waals surface area contributed by atoms with Crippen LogP contribution in [0, 0.1) is 0 Å². The highest BCUT2D eigenvalue weighted by molar-refractivity contribution is 5.79. The van der Waals surface area contributed by atoms with Crippen molar-refractivity contribution in [2.24, 2.45) is 4.99 Å². The van der Waals surface area contributed by atoms with E-state index in [1.807, 2.05) is 24.3 Å². The molecule has 1 aromatic carbocycles. The molecule has 0 unspecified atom stereocenters. The maximum atomic E-state index is 5.47. The molecule has 0 atom stereocenters. The first-order valence-corrected chi connectivity index (χ1v) is 8.40. The van der Waals surface area contributed by atoms with E-state index >= 15 is 0 Å². The molecule has 0 saturated carbocycles. The van der Waals surface area contributed by atoms with E-state index in [1.54, 1.807) is 21.3 Å². The molecule has 0 bridgehead atoms. The van der Waals surface area contributed by atoms with Crippen molar-refractivity contribution < 1.29 is 9.47 Å². The Kier molecular flexibility index (Phi) is 9.42. The third-order valence-electron chi connectivity index (χ3n) is 3.90. The number of nitrogens with zero attached hydrogens (tertiary/aromatic N) is 2. The molecule has 1 aromatic rings. The number of guanidine groups is 1. The van der Waals surface area contributed by atoms with Crippen molar-refractivity contribution in [3.05, 3.63) is 36.4 Å². The summed E-state index contributed by atoms with van der Waals surface area (Å²) in [6.07, 6.45) is 6.62. The van der Waals surface area contributed by atoms with Gasteiger partial charge in [-0.1, -0.05) is 24.6 Å². The molecule has 0 saturated heterocycles. The van der Waals surface area contributed by atoms with E-state index in [0.717, 1.165) is 42.4 Å². The highest BCUT2D eigenvalue weighted by Crippen LogP contribution is 2.30. The Morgan fingerprint density at radius 3 is 2.67 bits per heavy atom. The van der Waals surface area contributed by atoms with Crippen LogP contribution in [-0.2, 0) is 6.54 Å². The van der Waals surface area contributed by atoms with E-state index in [1.165, 1.54) is 12.8 Å². The fourth-order valence-corrected chi connectivity index (χ4v) is 2.57. The van der Waals surface area contributed by atoms with Gasteiger partial charge < -0.3 is 19.7 Å². The average molecular weight is 333 g/mol. The van der Waals surface area contributed by atoms with Crippen LogP contribution in [-0.4, -0.2) is 45.7 Å². The maximum absolute atomic E-state index is 5.47. The lowest BCUT2D eigenvalue weighted by Crippen LogP contribution is -2.39. The number of hydrogen-bond donors (Lipinski definition) is 1. The van der Waals surface area contributed by atoms with Crippen molar-refractivity contribution in [3.63, 3.8) is 0 Å². The van der Waals surface area contributed by atoms with Crippen LogP contribution in [0.3, 0.4) is 0 Å². The zero-order valence-electron chi connectivity index (χ0n) is 15.5. The highest BCUT2D eigenvalue weighted by atomic mass is 16.5. The van der Waals surface area contributed by atoms with Crippen molar-refractivity contribution in [1.82, 2.24) is 10.2 Å². The lowest BCUT2D eigenvalue weighted by atomic mass is 10.2. The molecule has 0 aromatic heterocycles. The minimum absolute atomic E-state index is 0.633. The molecule has 0 radical (unpaired) electrons. The Morgan fingerprint density at radius 2 is 2.04 bits per heavy atom. The second kappa shape index (κ2) is 11.4. The van der Waals surface area contributed by atoms with Gasteiger partial charge in [-0.3, -0.25) is 4.99 Å². The summed E-state index contributed by atoms with van der Waals surface area (Å²) in [6.45, 7) is 5.37. The summed E-state index contributed by atoms with van der Waals surface area (Å²) in [5.74, 6) is 2.38. The first kappa shape index (κ1) is 19.9. The lowest BCUT2D eigenvalue weighted by molar-refractivity contribution is 0.351. The topological polar surface area (TPSA) is 46.1 Å². The minimum atomic E-state index is 0.633. The summed E-state index contributed by atoms with van der Waals surface area (Å²) in [7, 11) is 7.17. The van der Waals surface area contributed by atoms with E-state index in [-0.39, 0.29) is 0 Å². The van der Waals surface area contributed by atoms with Gasteiger partial charge in [-0.25, -0.2) is 0 Å². The van der Waals surface area contributed by atoms with Crippen LogP contribution in [0.5, 0.6) is 11.5 Å². The number of hydrogen-bond acceptors (Lipinski definition) is 3. The lowest BCUT2D eigenvalue weighted by Gasteiger charge is -2.22. The van der Waals surface area contributed by atoms with Gasteiger partial charge in [0.1, 0.15) is 0 Å². The summed E-state index contributed by atoms with van der Waals surface area (Å²) >= 11 is 0. The third-order valence-corrected chi connectivity index (χ3v) is 3.90. The maximum Gasteiger partial charge on any atom is 0.193 e. The number of methoxy groups -OCH3 is 2. The number of ether oxygens (including phenoxy) is 2. The fourth-order valence-electron chi connectivity index (χ4n) is 2.57. The molecule has 5 nitrogen and oxygen atoms in total. The molecular formula is C19H31N3O2. The standard InChI is InChI=1S/C19H31N3O2/c1-6-7-8-9-10-14-22(3)19(20-2)21-15-16-12-11-13-17(23-4)18(16)24-5/h6,11-13H,1,7-10,14-15H2,2-5H3,(H,20,21). The van der Waals surface area contributed by atoms with E-state index in [4.69, 9.17) is 9.47 Å². The minimum Gasteiger partial charge on any atom is -0.493 e. The number of aliphatic imine (C=N–C) groups is 1. The molecule has 0 heterocycles. The van der Waals surface area contributed by atoms with Gasteiger partial charge in [-0.05, 0) is 25.3 Å². The summed E-state index contributed by atoms with van der Waals surface area (Å²) < 4.78 is 10.8. The van der Waals surface area contributed by atoms with Crippen molar-refractivity contribution in [2.45, 2.75) is 32.2 Å². The Labute approximate surface area is 146 Å². The number of allylic oxidation sites excluding steroid dienone is 1. The highest BCUT2D eigenvalue weighted by Gasteiger charge is 2.11. The molecule has 1 N–H and O–H groups in total. The predicted molar refractivity (Wildman–Crippen MR) is 101 cm³/mol. The largest absolute Gasteiger partial charge is 0.493 e. The second-order valence-electron chi connectivity index (χ2n) is 5.61. The van der Waals surface area contributed by atoms with Crippen molar-refractivity contribution >= 4 is 5.96 Å². The van der Waals surface area contributed by atoms with Crippen molar-refractivity contribution in [1.29, 1.82) is 0 Å². The van der Waals surface area contributed by atoms with E-state index in [2.05, 4.69) is 28.8 Å². The Morgan fingerprint density at radius 1 is 1.25 bits per heavy atom. The van der Waals surface area contributed by atoms with Gasteiger partial charge in [0.2, 0.25) is 0 Å². The second-order valence-corrected chi connectivity index (χ2v) is 5.61. The summed E-state index contributed by atoms with van der Waals surface area (Å²) in [5, 5.41) is 3.39.